The van der Waals surface area contributed by atoms with Crippen molar-refractivity contribution in [1.29, 1.82) is 0 Å². The molecule has 0 fully saturated rings. The fraction of sp³-hybridized carbons (Fsp3) is 0.333. The topological polar surface area (TPSA) is 72.6 Å². The van der Waals surface area contributed by atoms with Crippen LogP contribution in [0, 0.1) is 10.1 Å². The zero-order valence-corrected chi connectivity index (χ0v) is 12.9. The fourth-order valence-corrected chi connectivity index (χ4v) is 2.86. The Morgan fingerprint density at radius 1 is 1.29 bits per heavy atom. The van der Waals surface area contributed by atoms with Crippen LogP contribution in [0.15, 0.2) is 30.3 Å². The van der Waals surface area contributed by atoms with Crippen molar-refractivity contribution in [2.45, 2.75) is 32.8 Å². The first-order valence-electron chi connectivity index (χ1n) is 6.63. The van der Waals surface area contributed by atoms with E-state index in [4.69, 9.17) is 4.74 Å². The molecule has 0 saturated carbocycles. The van der Waals surface area contributed by atoms with Gasteiger partial charge >= 0.3 is 5.69 Å². The number of para-hydroxylation sites is 1. The van der Waals surface area contributed by atoms with Gasteiger partial charge in [0, 0.05) is 10.9 Å². The standard InChI is InChI=1S/C15H17NO4S/c1-9(2)11-6-4-5-7-13(11)20-15-12(16(18)19)8-14(21-15)10(3)17/h4-10,17H,1-3H3/t10-/m1/s1. The quantitative estimate of drug-likeness (QED) is 0.646. The van der Waals surface area contributed by atoms with E-state index in [-0.39, 0.29) is 16.7 Å². The molecular formula is C15H17NO4S. The Labute approximate surface area is 127 Å². The lowest BCUT2D eigenvalue weighted by atomic mass is 10.0. The van der Waals surface area contributed by atoms with Crippen LogP contribution in [0.3, 0.4) is 0 Å². The molecule has 0 aliphatic rings. The normalized spacial score (nSPS) is 12.4. The van der Waals surface area contributed by atoms with Crippen molar-refractivity contribution in [2.24, 2.45) is 0 Å². The van der Waals surface area contributed by atoms with Crippen molar-refractivity contribution < 1.29 is 14.8 Å². The van der Waals surface area contributed by atoms with Gasteiger partial charge in [-0.15, -0.1) is 0 Å². The van der Waals surface area contributed by atoms with Gasteiger partial charge in [-0.3, -0.25) is 10.1 Å². The number of nitrogens with zero attached hydrogens (tertiary/aromatic N) is 1. The molecule has 1 atom stereocenters. The molecule has 0 radical (unpaired) electrons. The van der Waals surface area contributed by atoms with Gasteiger partial charge in [0.2, 0.25) is 0 Å². The largest absolute Gasteiger partial charge is 0.440 e. The molecule has 0 saturated heterocycles. The molecule has 21 heavy (non-hydrogen) atoms. The molecule has 1 heterocycles. The highest BCUT2D eigenvalue weighted by molar-refractivity contribution is 7.14. The van der Waals surface area contributed by atoms with Crippen molar-refractivity contribution in [1.82, 2.24) is 0 Å². The van der Waals surface area contributed by atoms with Crippen LogP contribution in [-0.2, 0) is 0 Å². The second-order valence-electron chi connectivity index (χ2n) is 5.05. The Morgan fingerprint density at radius 3 is 2.52 bits per heavy atom. The summed E-state index contributed by atoms with van der Waals surface area (Å²) in [5.41, 5.74) is 0.869. The van der Waals surface area contributed by atoms with Crippen molar-refractivity contribution in [2.75, 3.05) is 0 Å². The molecule has 1 N–H and O–H groups in total. The van der Waals surface area contributed by atoms with E-state index in [0.717, 1.165) is 16.9 Å². The summed E-state index contributed by atoms with van der Waals surface area (Å²) in [7, 11) is 0. The van der Waals surface area contributed by atoms with E-state index < -0.39 is 11.0 Å². The molecule has 0 aliphatic carbocycles. The summed E-state index contributed by atoms with van der Waals surface area (Å²) in [5.74, 6) is 0.853. The minimum Gasteiger partial charge on any atom is -0.440 e. The van der Waals surface area contributed by atoms with Crippen molar-refractivity contribution in [3.8, 4) is 10.8 Å². The van der Waals surface area contributed by atoms with E-state index in [9.17, 15) is 15.2 Å². The predicted octanol–water partition coefficient (Wildman–Crippen LogP) is 4.63. The minimum atomic E-state index is -0.758. The van der Waals surface area contributed by atoms with Gasteiger partial charge in [-0.2, -0.15) is 0 Å². The SMILES string of the molecule is CC(C)c1ccccc1Oc1sc([C@@H](C)O)cc1[N+](=O)[O-]. The maximum atomic E-state index is 11.1. The number of benzene rings is 1. The first-order chi connectivity index (χ1) is 9.90. The van der Waals surface area contributed by atoms with E-state index in [0.29, 0.717) is 10.6 Å². The molecule has 0 spiro atoms. The Kier molecular flexibility index (Phi) is 4.59. The predicted molar refractivity (Wildman–Crippen MR) is 82.2 cm³/mol. The maximum Gasteiger partial charge on any atom is 0.323 e. The fourth-order valence-electron chi connectivity index (χ4n) is 1.94. The molecule has 1 aromatic heterocycles. The molecule has 0 bridgehead atoms. The number of aliphatic hydroxyl groups excluding tert-OH is 1. The first kappa shape index (κ1) is 15.5. The van der Waals surface area contributed by atoms with Gasteiger partial charge in [0.1, 0.15) is 5.75 Å². The Hall–Kier alpha value is -1.92. The molecule has 1 aromatic carbocycles. The molecule has 5 nitrogen and oxygen atoms in total. The van der Waals surface area contributed by atoms with Gasteiger partial charge < -0.3 is 9.84 Å². The van der Waals surface area contributed by atoms with Gasteiger partial charge in [-0.25, -0.2) is 0 Å². The van der Waals surface area contributed by atoms with E-state index in [1.807, 2.05) is 32.0 Å². The van der Waals surface area contributed by atoms with Crippen LogP contribution in [0.25, 0.3) is 0 Å². The van der Waals surface area contributed by atoms with Crippen LogP contribution in [0.5, 0.6) is 10.8 Å². The number of hydrogen-bond acceptors (Lipinski definition) is 5. The van der Waals surface area contributed by atoms with Gasteiger partial charge in [0.05, 0.1) is 11.0 Å². The molecule has 0 unspecified atom stereocenters. The summed E-state index contributed by atoms with van der Waals surface area (Å²) >= 11 is 1.10. The summed E-state index contributed by atoms with van der Waals surface area (Å²) in [4.78, 5) is 11.1. The average molecular weight is 307 g/mol. The zero-order valence-electron chi connectivity index (χ0n) is 12.1. The molecule has 112 valence electrons. The highest BCUT2D eigenvalue weighted by Gasteiger charge is 2.23. The lowest BCUT2D eigenvalue weighted by Gasteiger charge is -2.12. The van der Waals surface area contributed by atoms with Crippen LogP contribution in [-0.4, -0.2) is 10.0 Å². The second kappa shape index (κ2) is 6.24. The molecule has 0 aliphatic heterocycles. The minimum absolute atomic E-state index is 0.116. The van der Waals surface area contributed by atoms with Gasteiger partial charge in [-0.05, 0) is 24.5 Å². The number of thiophene rings is 1. The van der Waals surface area contributed by atoms with E-state index >= 15 is 0 Å². The second-order valence-corrected chi connectivity index (χ2v) is 6.10. The zero-order chi connectivity index (χ0) is 15.6. The summed E-state index contributed by atoms with van der Waals surface area (Å²) in [5, 5.41) is 20.9. The van der Waals surface area contributed by atoms with E-state index in [1.54, 1.807) is 13.0 Å². The third-order valence-corrected chi connectivity index (χ3v) is 4.22. The molecule has 2 aromatic rings. The highest BCUT2D eigenvalue weighted by atomic mass is 32.1. The van der Waals surface area contributed by atoms with E-state index in [1.165, 1.54) is 6.07 Å². The molecule has 2 rings (SSSR count). The Balaban J connectivity index is 2.42. The van der Waals surface area contributed by atoms with Crippen molar-refractivity contribution >= 4 is 17.0 Å². The molecular weight excluding hydrogens is 290 g/mol. The molecule has 6 heteroatoms. The molecule has 0 amide bonds. The Morgan fingerprint density at radius 2 is 1.95 bits per heavy atom. The number of nitro groups is 1. The Bertz CT molecular complexity index is 649. The summed E-state index contributed by atoms with van der Waals surface area (Å²) in [6.45, 7) is 5.64. The van der Waals surface area contributed by atoms with E-state index in [2.05, 4.69) is 0 Å². The number of ether oxygens (including phenoxy) is 1. The smallest absolute Gasteiger partial charge is 0.323 e. The van der Waals surface area contributed by atoms with Gasteiger partial charge in [0.15, 0.2) is 0 Å². The summed E-state index contributed by atoms with van der Waals surface area (Å²) < 4.78 is 5.76. The highest BCUT2D eigenvalue weighted by Crippen LogP contribution is 2.43. The van der Waals surface area contributed by atoms with Crippen molar-refractivity contribution in [3.63, 3.8) is 0 Å². The van der Waals surface area contributed by atoms with Gasteiger partial charge in [0.25, 0.3) is 5.06 Å². The lowest BCUT2D eigenvalue weighted by molar-refractivity contribution is -0.385. The average Bonchev–Trinajstić information content (AvgIpc) is 2.83. The number of hydrogen-bond donors (Lipinski definition) is 1. The summed E-state index contributed by atoms with van der Waals surface area (Å²) in [6, 6.07) is 8.83. The van der Waals surface area contributed by atoms with Crippen LogP contribution in [0.1, 0.15) is 43.2 Å². The summed E-state index contributed by atoms with van der Waals surface area (Å²) in [6.07, 6.45) is -0.758. The first-order valence-corrected chi connectivity index (χ1v) is 7.44. The number of aliphatic hydroxyl groups is 1. The third-order valence-electron chi connectivity index (χ3n) is 3.05. The van der Waals surface area contributed by atoms with Crippen LogP contribution < -0.4 is 4.74 Å². The van der Waals surface area contributed by atoms with Crippen molar-refractivity contribution in [3.05, 3.63) is 50.9 Å². The van der Waals surface area contributed by atoms with Gasteiger partial charge in [-0.1, -0.05) is 43.4 Å². The third kappa shape index (κ3) is 3.40. The monoisotopic (exact) mass is 307 g/mol. The van der Waals surface area contributed by atoms with Crippen LogP contribution in [0.2, 0.25) is 0 Å². The lowest BCUT2D eigenvalue weighted by Crippen LogP contribution is -1.94. The number of rotatable bonds is 5. The van der Waals surface area contributed by atoms with Crippen LogP contribution >= 0.6 is 11.3 Å². The maximum absolute atomic E-state index is 11.1. The van der Waals surface area contributed by atoms with Crippen LogP contribution in [0.4, 0.5) is 5.69 Å².